The van der Waals surface area contributed by atoms with Crippen molar-refractivity contribution in [3.63, 3.8) is 0 Å². The minimum atomic E-state index is 0.410. The van der Waals surface area contributed by atoms with E-state index in [1.54, 1.807) is 0 Å². The van der Waals surface area contributed by atoms with Crippen LogP contribution in [0.15, 0.2) is 15.9 Å². The Morgan fingerprint density at radius 1 is 1.37 bits per heavy atom. The molecule has 0 aliphatic carbocycles. The summed E-state index contributed by atoms with van der Waals surface area (Å²) in [6.45, 7) is 10.2. The van der Waals surface area contributed by atoms with Crippen molar-refractivity contribution in [3.05, 3.63) is 20.8 Å². The van der Waals surface area contributed by atoms with Crippen LogP contribution in [-0.2, 0) is 6.42 Å². The van der Waals surface area contributed by atoms with Gasteiger partial charge in [-0.05, 0) is 52.1 Å². The lowest BCUT2D eigenvalue weighted by Crippen LogP contribution is -2.38. The fourth-order valence-electron chi connectivity index (χ4n) is 2.43. The third kappa shape index (κ3) is 5.57. The fourth-order valence-corrected chi connectivity index (χ4v) is 4.10. The van der Waals surface area contributed by atoms with Crippen molar-refractivity contribution in [1.29, 1.82) is 0 Å². The van der Waals surface area contributed by atoms with E-state index in [9.17, 15) is 0 Å². The molecule has 0 aromatic carbocycles. The molecule has 0 saturated carbocycles. The third-order valence-corrected chi connectivity index (χ3v) is 5.85. The summed E-state index contributed by atoms with van der Waals surface area (Å²) < 4.78 is 1.29. The van der Waals surface area contributed by atoms with Crippen LogP contribution < -0.4 is 5.32 Å². The summed E-state index contributed by atoms with van der Waals surface area (Å²) in [7, 11) is 0. The maximum Gasteiger partial charge on any atom is 0.0314 e. The van der Waals surface area contributed by atoms with Gasteiger partial charge in [0.25, 0.3) is 0 Å². The van der Waals surface area contributed by atoms with Crippen molar-refractivity contribution < 1.29 is 0 Å². The molecule has 1 nitrogen and oxygen atoms in total. The van der Waals surface area contributed by atoms with E-state index in [0.717, 1.165) is 6.54 Å². The van der Waals surface area contributed by atoms with Gasteiger partial charge < -0.3 is 5.32 Å². The van der Waals surface area contributed by atoms with Gasteiger partial charge >= 0.3 is 0 Å². The fraction of sp³-hybridized carbons (Fsp3) is 0.750. The summed E-state index contributed by atoms with van der Waals surface area (Å²) in [4.78, 5) is 1.50. The van der Waals surface area contributed by atoms with Crippen LogP contribution in [0.5, 0.6) is 0 Å². The molecule has 3 heteroatoms. The highest BCUT2D eigenvalue weighted by atomic mass is 79.9. The largest absolute Gasteiger partial charge is 0.314 e. The summed E-state index contributed by atoms with van der Waals surface area (Å²) in [6, 6.07) is 2.75. The zero-order valence-corrected chi connectivity index (χ0v) is 15.2. The Morgan fingerprint density at radius 2 is 2.11 bits per heavy atom. The van der Waals surface area contributed by atoms with Crippen LogP contribution in [0.4, 0.5) is 0 Å². The third-order valence-electron chi connectivity index (χ3n) is 3.92. The second-order valence-corrected chi connectivity index (χ2v) is 7.72. The molecule has 0 spiro atoms. The summed E-state index contributed by atoms with van der Waals surface area (Å²) in [5.41, 5.74) is 0.410. The molecule has 0 bridgehead atoms. The van der Waals surface area contributed by atoms with E-state index in [0.29, 0.717) is 11.5 Å². The minimum absolute atomic E-state index is 0.410. The summed E-state index contributed by atoms with van der Waals surface area (Å²) in [5, 5.41) is 5.86. The number of unbranched alkanes of at least 4 members (excludes halogenated alkanes) is 1. The molecule has 1 rings (SSSR count). The van der Waals surface area contributed by atoms with Gasteiger partial charge in [0.15, 0.2) is 0 Å². The van der Waals surface area contributed by atoms with E-state index in [1.807, 2.05) is 11.3 Å². The van der Waals surface area contributed by atoms with Gasteiger partial charge in [-0.1, -0.05) is 40.5 Å². The number of thiophene rings is 1. The SMILES string of the molecule is CCCCC(CC)(CNC(C)C)Cc1sccc1Br. The molecule has 0 saturated heterocycles. The molecule has 0 amide bonds. The molecular formula is C16H28BrNS. The van der Waals surface area contributed by atoms with Gasteiger partial charge in [0, 0.05) is 21.9 Å². The second-order valence-electron chi connectivity index (χ2n) is 5.86. The Balaban J connectivity index is 2.79. The number of hydrogen-bond acceptors (Lipinski definition) is 2. The van der Waals surface area contributed by atoms with E-state index < -0.39 is 0 Å². The van der Waals surface area contributed by atoms with Gasteiger partial charge in [0.05, 0.1) is 0 Å². The van der Waals surface area contributed by atoms with Crippen molar-refractivity contribution in [2.24, 2.45) is 5.41 Å². The predicted molar refractivity (Wildman–Crippen MR) is 91.1 cm³/mol. The first kappa shape index (κ1) is 17.2. The van der Waals surface area contributed by atoms with Crippen LogP contribution >= 0.6 is 27.3 Å². The van der Waals surface area contributed by atoms with Crippen LogP contribution in [0.25, 0.3) is 0 Å². The van der Waals surface area contributed by atoms with Gasteiger partial charge in [-0.3, -0.25) is 0 Å². The number of hydrogen-bond donors (Lipinski definition) is 1. The Morgan fingerprint density at radius 3 is 2.58 bits per heavy atom. The van der Waals surface area contributed by atoms with Crippen molar-refractivity contribution in [1.82, 2.24) is 5.32 Å². The Bertz CT molecular complexity index is 361. The second kappa shape index (κ2) is 8.43. The van der Waals surface area contributed by atoms with Crippen LogP contribution in [0, 0.1) is 5.41 Å². The average Bonchev–Trinajstić information content (AvgIpc) is 2.78. The molecule has 0 aliphatic heterocycles. The molecular weight excluding hydrogens is 318 g/mol. The first-order valence-electron chi connectivity index (χ1n) is 7.48. The van der Waals surface area contributed by atoms with Crippen molar-refractivity contribution >= 4 is 27.3 Å². The lowest BCUT2D eigenvalue weighted by atomic mass is 9.76. The average molecular weight is 346 g/mol. The highest BCUT2D eigenvalue weighted by Crippen LogP contribution is 2.37. The molecule has 0 aliphatic rings. The molecule has 1 N–H and O–H groups in total. The topological polar surface area (TPSA) is 12.0 Å². The standard InChI is InChI=1S/C16H28BrNS/c1-5-7-9-16(6-2,12-18-13(3)4)11-15-14(17)8-10-19-15/h8,10,13,18H,5-7,9,11-12H2,1-4H3. The molecule has 1 atom stereocenters. The lowest BCUT2D eigenvalue weighted by Gasteiger charge is -2.34. The van der Waals surface area contributed by atoms with Crippen molar-refractivity contribution in [2.75, 3.05) is 6.54 Å². The number of rotatable bonds is 9. The van der Waals surface area contributed by atoms with Gasteiger partial charge in [0.1, 0.15) is 0 Å². The van der Waals surface area contributed by atoms with E-state index >= 15 is 0 Å². The predicted octanol–water partition coefficient (Wildman–Crippen LogP) is 5.64. The van der Waals surface area contributed by atoms with Crippen molar-refractivity contribution in [3.8, 4) is 0 Å². The zero-order valence-electron chi connectivity index (χ0n) is 12.8. The van der Waals surface area contributed by atoms with Gasteiger partial charge in [-0.15, -0.1) is 11.3 Å². The molecule has 1 unspecified atom stereocenters. The smallest absolute Gasteiger partial charge is 0.0314 e. The normalized spacial score (nSPS) is 14.8. The van der Waals surface area contributed by atoms with Gasteiger partial charge in [-0.25, -0.2) is 0 Å². The monoisotopic (exact) mass is 345 g/mol. The summed E-state index contributed by atoms with van der Waals surface area (Å²) >= 11 is 5.57. The summed E-state index contributed by atoms with van der Waals surface area (Å²) in [5.74, 6) is 0. The molecule has 1 heterocycles. The Kier molecular flexibility index (Phi) is 7.63. The highest BCUT2D eigenvalue weighted by Gasteiger charge is 2.29. The van der Waals surface area contributed by atoms with Gasteiger partial charge in [0.2, 0.25) is 0 Å². The zero-order chi connectivity index (χ0) is 14.3. The Hall–Kier alpha value is 0.140. The van der Waals surface area contributed by atoms with Crippen LogP contribution in [-0.4, -0.2) is 12.6 Å². The molecule has 1 aromatic rings. The summed E-state index contributed by atoms with van der Waals surface area (Å²) in [6.07, 6.45) is 6.38. The maximum absolute atomic E-state index is 3.69. The quantitative estimate of drug-likeness (QED) is 0.610. The minimum Gasteiger partial charge on any atom is -0.314 e. The molecule has 19 heavy (non-hydrogen) atoms. The number of nitrogens with one attached hydrogen (secondary N) is 1. The molecule has 110 valence electrons. The lowest BCUT2D eigenvalue weighted by molar-refractivity contribution is 0.224. The van der Waals surface area contributed by atoms with E-state index in [2.05, 4.69) is 60.4 Å². The van der Waals surface area contributed by atoms with E-state index in [-0.39, 0.29) is 0 Å². The van der Waals surface area contributed by atoms with E-state index in [4.69, 9.17) is 0 Å². The van der Waals surface area contributed by atoms with Crippen LogP contribution in [0.3, 0.4) is 0 Å². The number of halogens is 1. The van der Waals surface area contributed by atoms with Crippen LogP contribution in [0.2, 0.25) is 0 Å². The first-order valence-corrected chi connectivity index (χ1v) is 9.15. The molecule has 1 aromatic heterocycles. The highest BCUT2D eigenvalue weighted by molar-refractivity contribution is 9.10. The first-order chi connectivity index (χ1) is 9.03. The Labute approximate surface area is 131 Å². The molecule has 0 radical (unpaired) electrons. The molecule has 0 fully saturated rings. The maximum atomic E-state index is 3.69. The van der Waals surface area contributed by atoms with Gasteiger partial charge in [-0.2, -0.15) is 0 Å². The van der Waals surface area contributed by atoms with E-state index in [1.165, 1.54) is 41.5 Å². The van der Waals surface area contributed by atoms with Crippen molar-refractivity contribution in [2.45, 2.75) is 65.8 Å². The van der Waals surface area contributed by atoms with Crippen LogP contribution in [0.1, 0.15) is 58.3 Å².